The molecule has 0 radical (unpaired) electrons. The Labute approximate surface area is 283 Å². The molecule has 12 heteroatoms. The molecule has 1 atom stereocenters. The van der Waals surface area contributed by atoms with Crippen molar-refractivity contribution in [1.82, 2.24) is 9.47 Å². The van der Waals surface area contributed by atoms with Gasteiger partial charge in [-0.25, -0.2) is 9.79 Å². The van der Waals surface area contributed by atoms with Crippen molar-refractivity contribution in [3.63, 3.8) is 0 Å². The van der Waals surface area contributed by atoms with Gasteiger partial charge >= 0.3 is 5.97 Å². The van der Waals surface area contributed by atoms with Gasteiger partial charge in [-0.05, 0) is 48.9 Å². The Hall–Kier alpha value is -4.52. The lowest BCUT2D eigenvalue weighted by Crippen LogP contribution is -2.42. The van der Waals surface area contributed by atoms with Gasteiger partial charge in [0.2, 0.25) is 0 Å². The quantitative estimate of drug-likeness (QED) is 0.242. The monoisotopic (exact) mass is 717 g/mol. The summed E-state index contributed by atoms with van der Waals surface area (Å²) in [7, 11) is 1.55. The smallest absolute Gasteiger partial charge is 0.338 e. The van der Waals surface area contributed by atoms with Crippen LogP contribution in [0.1, 0.15) is 29.7 Å². The third-order valence-electron chi connectivity index (χ3n) is 7.76. The molecule has 10 nitrogen and oxygen atoms in total. The lowest BCUT2D eigenvalue weighted by Gasteiger charge is -2.27. The highest BCUT2D eigenvalue weighted by molar-refractivity contribution is 9.10. The number of amides is 1. The molecule has 0 aliphatic carbocycles. The summed E-state index contributed by atoms with van der Waals surface area (Å²) in [5.74, 6) is 0.386. The predicted molar refractivity (Wildman–Crippen MR) is 181 cm³/mol. The number of carbonyl (C=O) groups excluding carboxylic acids is 2. The molecule has 0 spiro atoms. The van der Waals surface area contributed by atoms with Crippen LogP contribution in [0.4, 0.5) is 0 Å². The number of nitrogens with zero attached hydrogens (tertiary/aromatic N) is 3. The zero-order valence-electron chi connectivity index (χ0n) is 25.8. The van der Waals surface area contributed by atoms with Crippen LogP contribution < -0.4 is 24.4 Å². The minimum atomic E-state index is -0.880. The fraction of sp³-hybridized carbons (Fsp3) is 0.257. The third-order valence-corrected chi connectivity index (χ3v) is 9.24. The van der Waals surface area contributed by atoms with Gasteiger partial charge in [0.25, 0.3) is 11.5 Å². The number of halogens is 1. The zero-order valence-corrected chi connectivity index (χ0v) is 28.2. The van der Waals surface area contributed by atoms with Crippen molar-refractivity contribution in [1.29, 1.82) is 0 Å². The molecule has 242 valence electrons. The second-order valence-corrected chi connectivity index (χ2v) is 12.6. The van der Waals surface area contributed by atoms with E-state index < -0.39 is 12.0 Å². The van der Waals surface area contributed by atoms with Gasteiger partial charge in [-0.1, -0.05) is 69.7 Å². The van der Waals surface area contributed by atoms with Gasteiger partial charge in [-0.3, -0.25) is 14.2 Å². The maximum atomic E-state index is 14.2. The van der Waals surface area contributed by atoms with Crippen molar-refractivity contribution in [2.75, 3.05) is 46.6 Å². The van der Waals surface area contributed by atoms with Crippen molar-refractivity contribution >= 4 is 50.9 Å². The van der Waals surface area contributed by atoms with Gasteiger partial charge < -0.3 is 23.8 Å². The average Bonchev–Trinajstić information content (AvgIpc) is 3.41. The highest BCUT2D eigenvalue weighted by Gasteiger charge is 2.37. The first kappa shape index (κ1) is 32.4. The Bertz CT molecular complexity index is 2000. The summed E-state index contributed by atoms with van der Waals surface area (Å²) < 4.78 is 25.0. The number of thiazole rings is 1. The molecule has 4 aromatic rings. The topological polar surface area (TPSA) is 109 Å². The molecule has 0 saturated carbocycles. The number of ether oxygens (including phenoxy) is 4. The number of hydrogen-bond donors (Lipinski definition) is 0. The summed E-state index contributed by atoms with van der Waals surface area (Å²) in [5, 5.41) is 0. The molecule has 2 aliphatic rings. The maximum absolute atomic E-state index is 14.2. The largest absolute Gasteiger partial charge is 0.496 e. The van der Waals surface area contributed by atoms with Gasteiger partial charge in [-0.15, -0.1) is 0 Å². The molecule has 47 heavy (non-hydrogen) atoms. The van der Waals surface area contributed by atoms with Crippen LogP contribution in [-0.4, -0.2) is 68.0 Å². The van der Waals surface area contributed by atoms with Crippen LogP contribution in [0.3, 0.4) is 0 Å². The molecule has 0 N–H and O–H groups in total. The van der Waals surface area contributed by atoms with Crippen LogP contribution in [0.2, 0.25) is 0 Å². The van der Waals surface area contributed by atoms with Crippen molar-refractivity contribution in [2.45, 2.75) is 13.0 Å². The van der Waals surface area contributed by atoms with Crippen LogP contribution in [0.25, 0.3) is 11.8 Å². The summed E-state index contributed by atoms with van der Waals surface area (Å²) in [4.78, 5) is 47.5. The summed E-state index contributed by atoms with van der Waals surface area (Å²) in [6.45, 7) is 4.00. The fourth-order valence-corrected chi connectivity index (χ4v) is 6.89. The highest BCUT2D eigenvalue weighted by atomic mass is 79.9. The Morgan fingerprint density at radius 3 is 2.51 bits per heavy atom. The van der Waals surface area contributed by atoms with E-state index in [1.165, 1.54) is 15.9 Å². The average molecular weight is 719 g/mol. The Morgan fingerprint density at radius 1 is 1.06 bits per heavy atom. The molecule has 1 amide bonds. The van der Waals surface area contributed by atoms with Gasteiger partial charge in [0.15, 0.2) is 11.4 Å². The number of benzene rings is 3. The number of fused-ring (bicyclic) bond motifs is 1. The number of carbonyl (C=O) groups is 2. The molecule has 1 saturated heterocycles. The van der Waals surface area contributed by atoms with Crippen molar-refractivity contribution in [3.05, 3.63) is 119 Å². The number of aromatic nitrogens is 1. The molecule has 0 unspecified atom stereocenters. The lowest BCUT2D eigenvalue weighted by atomic mass is 9.92. The Balaban J connectivity index is 1.42. The molecular weight excluding hydrogens is 686 g/mol. The number of rotatable bonds is 9. The maximum Gasteiger partial charge on any atom is 0.338 e. The molecule has 3 aromatic carbocycles. The van der Waals surface area contributed by atoms with Gasteiger partial charge in [0.1, 0.15) is 17.5 Å². The van der Waals surface area contributed by atoms with E-state index in [-0.39, 0.29) is 30.3 Å². The number of morpholine rings is 1. The summed E-state index contributed by atoms with van der Waals surface area (Å²) in [6.07, 6.45) is 1.78. The van der Waals surface area contributed by atoms with Gasteiger partial charge in [0.05, 0.1) is 42.7 Å². The molecule has 6 rings (SSSR count). The molecule has 2 aliphatic heterocycles. The first-order chi connectivity index (χ1) is 22.9. The number of hydrogen-bond acceptors (Lipinski definition) is 9. The number of methoxy groups -OCH3 is 1. The summed E-state index contributed by atoms with van der Waals surface area (Å²) in [5.41, 5.74) is 2.43. The van der Waals surface area contributed by atoms with Crippen LogP contribution in [0.15, 0.2) is 92.6 Å². The van der Waals surface area contributed by atoms with E-state index in [4.69, 9.17) is 23.9 Å². The van der Waals surface area contributed by atoms with Crippen molar-refractivity contribution < 1.29 is 28.5 Å². The van der Waals surface area contributed by atoms with Crippen molar-refractivity contribution in [3.8, 4) is 11.5 Å². The normalized spacial score (nSPS) is 16.4. The van der Waals surface area contributed by atoms with E-state index in [2.05, 4.69) is 15.9 Å². The minimum Gasteiger partial charge on any atom is -0.496 e. The van der Waals surface area contributed by atoms with Crippen LogP contribution in [0.5, 0.6) is 11.5 Å². The third kappa shape index (κ3) is 6.95. The first-order valence-electron chi connectivity index (χ1n) is 15.1. The fourth-order valence-electron chi connectivity index (χ4n) is 5.51. The predicted octanol–water partition coefficient (Wildman–Crippen LogP) is 3.94. The highest BCUT2D eigenvalue weighted by Crippen LogP contribution is 2.39. The van der Waals surface area contributed by atoms with Gasteiger partial charge in [-0.2, -0.15) is 0 Å². The summed E-state index contributed by atoms with van der Waals surface area (Å²) in [6, 6.07) is 21.1. The Kier molecular flexibility index (Phi) is 10.00. The molecule has 1 fully saturated rings. The molecule has 0 bridgehead atoms. The van der Waals surface area contributed by atoms with Crippen LogP contribution in [0, 0.1) is 0 Å². The number of esters is 1. The first-order valence-corrected chi connectivity index (χ1v) is 16.7. The lowest BCUT2D eigenvalue weighted by molar-refractivity contribution is -0.139. The van der Waals surface area contributed by atoms with Crippen LogP contribution in [-0.2, 0) is 19.1 Å². The molecule has 3 heterocycles. The van der Waals surface area contributed by atoms with E-state index >= 15 is 0 Å². The second kappa shape index (κ2) is 14.5. The summed E-state index contributed by atoms with van der Waals surface area (Å²) >= 11 is 4.78. The zero-order chi connectivity index (χ0) is 32.9. The van der Waals surface area contributed by atoms with Crippen LogP contribution >= 0.6 is 27.3 Å². The van der Waals surface area contributed by atoms with Gasteiger partial charge in [0, 0.05) is 28.7 Å². The van der Waals surface area contributed by atoms with E-state index in [0.717, 1.165) is 15.6 Å². The van der Waals surface area contributed by atoms with E-state index in [0.29, 0.717) is 58.4 Å². The SMILES string of the molecule is CCOC(=O)C1=C(c2ccccc2)N=c2s/c(=C\c3ccc(OCC(=O)N4CCOCC4)cc3)c(=O)n2[C@@H]1c1cc(Br)ccc1OC. The molecule has 1 aromatic heterocycles. The Morgan fingerprint density at radius 2 is 1.81 bits per heavy atom. The van der Waals surface area contributed by atoms with E-state index in [1.807, 2.05) is 54.6 Å². The van der Waals surface area contributed by atoms with E-state index in [1.54, 1.807) is 43.2 Å². The standard InChI is InChI=1S/C35H32BrN3O7S/c1-3-45-34(42)30-31(23-7-5-4-6-8-23)37-35-39(32(30)26-20-24(36)11-14-27(26)43-2)33(41)28(47-35)19-22-9-12-25(13-10-22)46-21-29(40)38-15-17-44-18-16-38/h4-14,19-20,32H,3,15-18,21H2,1-2H3/b28-19-/t32-/m1/s1. The van der Waals surface area contributed by atoms with Crippen molar-refractivity contribution in [2.24, 2.45) is 4.99 Å². The minimum absolute atomic E-state index is 0.0659. The molecular formula is C35H32BrN3O7S. The van der Waals surface area contributed by atoms with E-state index in [9.17, 15) is 14.4 Å². The second-order valence-electron chi connectivity index (χ2n) is 10.7.